The highest BCUT2D eigenvalue weighted by Gasteiger charge is 2.54. The van der Waals surface area contributed by atoms with E-state index in [1.165, 1.54) is 19.2 Å². The molecule has 0 radical (unpaired) electrons. The SMILES string of the molecule is COc1cc(-c2cc(C(=O)N3CC[C@H](C(=O)NC(C)c4nnc(C5CC5)o4)CC34CC4)[nH]n2)c(F)cn1. The fraction of sp³-hybridized carbons (Fsp3) is 0.520. The maximum Gasteiger partial charge on any atom is 0.272 e. The van der Waals surface area contributed by atoms with Crippen molar-refractivity contribution in [2.24, 2.45) is 5.92 Å². The number of nitrogens with one attached hydrogen (secondary N) is 2. The molecule has 1 unspecified atom stereocenters. The van der Waals surface area contributed by atoms with Crippen LogP contribution in [0.1, 0.15) is 79.7 Å². The topological polar surface area (TPSA) is 139 Å². The molecule has 2 saturated carbocycles. The molecule has 1 saturated heterocycles. The van der Waals surface area contributed by atoms with E-state index in [1.54, 1.807) is 0 Å². The first-order valence-corrected chi connectivity index (χ1v) is 12.6. The van der Waals surface area contributed by atoms with E-state index in [4.69, 9.17) is 9.15 Å². The lowest BCUT2D eigenvalue weighted by Crippen LogP contribution is -2.51. The van der Waals surface area contributed by atoms with Gasteiger partial charge in [0.25, 0.3) is 5.91 Å². The van der Waals surface area contributed by atoms with Crippen LogP contribution in [0.15, 0.2) is 22.7 Å². The van der Waals surface area contributed by atoms with Crippen molar-refractivity contribution in [3.8, 4) is 17.1 Å². The molecule has 2 atom stereocenters. The Labute approximate surface area is 212 Å². The van der Waals surface area contributed by atoms with Gasteiger partial charge in [0.15, 0.2) is 5.82 Å². The summed E-state index contributed by atoms with van der Waals surface area (Å²) in [5, 5.41) is 18.1. The number of amides is 2. The number of aromatic nitrogens is 5. The number of pyridine rings is 1. The summed E-state index contributed by atoms with van der Waals surface area (Å²) in [6.07, 6.45) is 6.00. The molecular weight excluding hydrogens is 481 g/mol. The third-order valence-corrected chi connectivity index (χ3v) is 7.58. The first-order chi connectivity index (χ1) is 17.9. The van der Waals surface area contributed by atoms with E-state index in [-0.39, 0.29) is 46.5 Å². The predicted molar refractivity (Wildman–Crippen MR) is 127 cm³/mol. The molecule has 0 aromatic carbocycles. The maximum absolute atomic E-state index is 14.3. The Hall–Kier alpha value is -3.83. The second-order valence-corrected chi connectivity index (χ2v) is 10.2. The van der Waals surface area contributed by atoms with Crippen LogP contribution in [0.5, 0.6) is 5.88 Å². The smallest absolute Gasteiger partial charge is 0.272 e. The van der Waals surface area contributed by atoms with Crippen molar-refractivity contribution in [3.05, 3.63) is 41.6 Å². The number of rotatable bonds is 7. The molecule has 2 N–H and O–H groups in total. The predicted octanol–water partition coefficient (Wildman–Crippen LogP) is 3.14. The minimum atomic E-state index is -0.560. The summed E-state index contributed by atoms with van der Waals surface area (Å²) in [6.45, 7) is 2.29. The highest BCUT2D eigenvalue weighted by atomic mass is 19.1. The van der Waals surface area contributed by atoms with Crippen molar-refractivity contribution in [1.82, 2.24) is 35.6 Å². The van der Waals surface area contributed by atoms with Gasteiger partial charge in [-0.2, -0.15) is 5.10 Å². The quantitative estimate of drug-likeness (QED) is 0.495. The third kappa shape index (κ3) is 4.44. The van der Waals surface area contributed by atoms with Gasteiger partial charge in [-0.3, -0.25) is 14.7 Å². The van der Waals surface area contributed by atoms with Gasteiger partial charge in [-0.15, -0.1) is 10.2 Å². The molecule has 3 fully saturated rings. The highest BCUT2D eigenvalue weighted by Crippen LogP contribution is 2.50. The third-order valence-electron chi connectivity index (χ3n) is 7.58. The lowest BCUT2D eigenvalue weighted by molar-refractivity contribution is -0.128. The molecule has 12 heteroatoms. The normalized spacial score (nSPS) is 21.1. The van der Waals surface area contributed by atoms with Gasteiger partial charge in [0, 0.05) is 35.5 Å². The van der Waals surface area contributed by atoms with Gasteiger partial charge in [0.2, 0.25) is 23.6 Å². The van der Waals surface area contributed by atoms with Crippen LogP contribution < -0.4 is 10.1 Å². The van der Waals surface area contributed by atoms with Gasteiger partial charge in [0.1, 0.15) is 11.7 Å². The number of nitrogens with zero attached hydrogens (tertiary/aromatic N) is 5. The van der Waals surface area contributed by atoms with Gasteiger partial charge < -0.3 is 19.4 Å². The largest absolute Gasteiger partial charge is 0.481 e. The summed E-state index contributed by atoms with van der Waals surface area (Å²) in [6, 6.07) is 2.60. The number of ether oxygens (including phenoxy) is 1. The van der Waals surface area contributed by atoms with Gasteiger partial charge >= 0.3 is 0 Å². The highest BCUT2D eigenvalue weighted by molar-refractivity contribution is 5.94. The lowest BCUT2D eigenvalue weighted by atomic mass is 9.87. The van der Waals surface area contributed by atoms with Crippen molar-refractivity contribution < 1.29 is 23.1 Å². The Bertz CT molecular complexity index is 1350. The van der Waals surface area contributed by atoms with Crippen molar-refractivity contribution in [1.29, 1.82) is 0 Å². The minimum Gasteiger partial charge on any atom is -0.481 e. The lowest BCUT2D eigenvalue weighted by Gasteiger charge is -2.39. The van der Waals surface area contributed by atoms with E-state index in [9.17, 15) is 14.0 Å². The molecule has 194 valence electrons. The average Bonchev–Trinajstić information content (AvgIpc) is 3.78. The summed E-state index contributed by atoms with van der Waals surface area (Å²) in [5.41, 5.74) is 0.412. The van der Waals surface area contributed by atoms with E-state index in [0.29, 0.717) is 42.8 Å². The van der Waals surface area contributed by atoms with Crippen molar-refractivity contribution in [2.75, 3.05) is 13.7 Å². The summed E-state index contributed by atoms with van der Waals surface area (Å²) < 4.78 is 25.1. The monoisotopic (exact) mass is 509 g/mol. The van der Waals surface area contributed by atoms with Crippen LogP contribution in [0.3, 0.4) is 0 Å². The summed E-state index contributed by atoms with van der Waals surface area (Å²) >= 11 is 0. The van der Waals surface area contributed by atoms with Crippen LogP contribution in [0, 0.1) is 11.7 Å². The number of carbonyl (C=O) groups excluding carboxylic acids is 2. The van der Waals surface area contributed by atoms with Crippen molar-refractivity contribution in [2.45, 2.75) is 62.9 Å². The fourth-order valence-electron chi connectivity index (χ4n) is 5.10. The second kappa shape index (κ2) is 8.93. The number of hydrogen-bond donors (Lipinski definition) is 2. The number of aromatic amines is 1. The van der Waals surface area contributed by atoms with Crippen LogP contribution in [0.25, 0.3) is 11.3 Å². The number of piperidine rings is 1. The Morgan fingerprint density at radius 2 is 2.08 bits per heavy atom. The number of H-pyrrole nitrogens is 1. The Morgan fingerprint density at radius 1 is 1.27 bits per heavy atom. The van der Waals surface area contributed by atoms with E-state index in [2.05, 4.69) is 30.7 Å². The Balaban J connectivity index is 1.11. The van der Waals surface area contributed by atoms with Gasteiger partial charge in [-0.25, -0.2) is 9.37 Å². The first-order valence-electron chi connectivity index (χ1n) is 12.6. The van der Waals surface area contributed by atoms with E-state index >= 15 is 0 Å². The summed E-state index contributed by atoms with van der Waals surface area (Å²) in [7, 11) is 1.44. The molecule has 2 aliphatic carbocycles. The first kappa shape index (κ1) is 23.6. The molecular formula is C25H28FN7O4. The minimum absolute atomic E-state index is 0.0667. The second-order valence-electron chi connectivity index (χ2n) is 10.2. The zero-order valence-electron chi connectivity index (χ0n) is 20.7. The van der Waals surface area contributed by atoms with Gasteiger partial charge in [-0.1, -0.05) is 0 Å². The number of halogens is 1. The standard InChI is InChI=1S/C25H28FN7O4/c1-13(22-31-32-23(37-22)14-3-4-14)28-21(34)15-5-8-33(25(11-15)6-7-25)24(35)19-10-18(29-30-19)16-9-20(36-2)27-12-17(16)26/h9-10,12-15H,3-8,11H2,1-2H3,(H,28,34)(H,29,30)/t13?,15-/m0/s1. The molecule has 4 heterocycles. The van der Waals surface area contributed by atoms with Crippen LogP contribution >= 0.6 is 0 Å². The molecule has 6 rings (SSSR count). The molecule has 1 aliphatic heterocycles. The molecule has 3 aromatic heterocycles. The number of methoxy groups -OCH3 is 1. The van der Waals surface area contributed by atoms with E-state index in [1.807, 2.05) is 11.8 Å². The van der Waals surface area contributed by atoms with Crippen molar-refractivity contribution >= 4 is 11.8 Å². The molecule has 2 amide bonds. The summed E-state index contributed by atoms with van der Waals surface area (Å²) in [4.78, 5) is 32.1. The fourth-order valence-corrected chi connectivity index (χ4v) is 5.10. The number of likely N-dealkylation sites (tertiary alicyclic amines) is 1. The molecule has 11 nitrogen and oxygen atoms in total. The van der Waals surface area contributed by atoms with Crippen molar-refractivity contribution in [3.63, 3.8) is 0 Å². The molecule has 3 aromatic rings. The Morgan fingerprint density at radius 3 is 2.81 bits per heavy atom. The Kier molecular flexibility index (Phi) is 5.68. The van der Waals surface area contributed by atoms with Crippen LogP contribution in [0.4, 0.5) is 4.39 Å². The zero-order chi connectivity index (χ0) is 25.7. The zero-order valence-corrected chi connectivity index (χ0v) is 20.7. The van der Waals surface area contributed by atoms with Crippen LogP contribution in [-0.4, -0.2) is 61.3 Å². The molecule has 1 spiro atoms. The average molecular weight is 510 g/mol. The number of hydrogen-bond acceptors (Lipinski definition) is 8. The number of carbonyl (C=O) groups is 2. The summed E-state index contributed by atoms with van der Waals surface area (Å²) in [5.74, 6) is 0.631. The van der Waals surface area contributed by atoms with Gasteiger partial charge in [0.05, 0.1) is 19.0 Å². The molecule has 0 bridgehead atoms. The van der Waals surface area contributed by atoms with Gasteiger partial charge in [-0.05, 0) is 51.5 Å². The van der Waals surface area contributed by atoms with E-state index < -0.39 is 5.82 Å². The molecule has 37 heavy (non-hydrogen) atoms. The van der Waals surface area contributed by atoms with Crippen LogP contribution in [-0.2, 0) is 4.79 Å². The van der Waals surface area contributed by atoms with Crippen LogP contribution in [0.2, 0.25) is 0 Å². The molecule has 3 aliphatic rings. The van der Waals surface area contributed by atoms with E-state index in [0.717, 1.165) is 31.9 Å². The maximum atomic E-state index is 14.3.